The van der Waals surface area contributed by atoms with E-state index in [1.54, 1.807) is 0 Å². The van der Waals surface area contributed by atoms with Crippen LogP contribution in [0.5, 0.6) is 0 Å². The molecule has 9 aromatic rings. The molecule has 1 aliphatic rings. The van der Waals surface area contributed by atoms with Gasteiger partial charge in [0, 0.05) is 31.3 Å². The van der Waals surface area contributed by atoms with Crippen molar-refractivity contribution >= 4 is 48.8 Å². The highest BCUT2D eigenvalue weighted by Crippen LogP contribution is 2.43. The molecule has 0 spiro atoms. The Balaban J connectivity index is 1.09. The smallest absolute Gasteiger partial charge is 0.238 e. The molecular formula is C47H32N4S. The summed E-state index contributed by atoms with van der Waals surface area (Å²) in [6, 6.07) is 60.3. The van der Waals surface area contributed by atoms with Crippen molar-refractivity contribution in [2.24, 2.45) is 0 Å². The maximum absolute atomic E-state index is 5.16. The van der Waals surface area contributed by atoms with E-state index in [1.165, 1.54) is 53.6 Å². The van der Waals surface area contributed by atoms with Gasteiger partial charge >= 0.3 is 0 Å². The Kier molecular flexibility index (Phi) is 7.43. The van der Waals surface area contributed by atoms with Crippen LogP contribution in [0.25, 0.3) is 65.2 Å². The number of benzene rings is 7. The number of rotatable bonds is 5. The van der Waals surface area contributed by atoms with Gasteiger partial charge in [0.15, 0.2) is 11.6 Å². The fraction of sp³-hybridized carbons (Fsp3) is 0.0426. The van der Waals surface area contributed by atoms with Gasteiger partial charge in [-0.3, -0.25) is 4.90 Å². The van der Waals surface area contributed by atoms with Crippen LogP contribution in [0.2, 0.25) is 0 Å². The molecule has 3 heterocycles. The summed E-state index contributed by atoms with van der Waals surface area (Å²) in [6.45, 7) is 0. The fourth-order valence-corrected chi connectivity index (χ4v) is 8.51. The third-order valence-electron chi connectivity index (χ3n) is 10.0. The number of hydrogen-bond acceptors (Lipinski definition) is 5. The van der Waals surface area contributed by atoms with Gasteiger partial charge in [-0.05, 0) is 88.7 Å². The number of hydrogen-bond donors (Lipinski definition) is 0. The molecule has 0 saturated carbocycles. The topological polar surface area (TPSA) is 41.9 Å². The van der Waals surface area contributed by atoms with Crippen LogP contribution in [-0.2, 0) is 12.8 Å². The van der Waals surface area contributed by atoms with Crippen molar-refractivity contribution in [2.75, 3.05) is 4.90 Å². The standard InChI is InChI=1S/C47H32N4S/c1-3-13-32(14-4-1)45-48-46(33-15-5-2-6-16-33)50-47(49-45)51-41-20-9-7-12-31(41)22-23-38-29-36(24-26-42(38)51)34-17-11-18-35(28-34)37-25-27-44-40(30-37)39-19-8-10-21-43(39)52-44/h1-21,24-30H,22-23H2. The molecule has 0 N–H and O–H groups in total. The molecular weight excluding hydrogens is 653 g/mol. The highest BCUT2D eigenvalue weighted by atomic mass is 32.1. The summed E-state index contributed by atoms with van der Waals surface area (Å²) in [4.78, 5) is 17.5. The molecule has 246 valence electrons. The maximum atomic E-state index is 5.16. The number of aromatic nitrogens is 3. The Hall–Kier alpha value is -6.43. The number of thiophene rings is 1. The Morgan fingerprint density at radius 2 is 0.942 bits per heavy atom. The summed E-state index contributed by atoms with van der Waals surface area (Å²) in [5.41, 5.74) is 11.4. The lowest BCUT2D eigenvalue weighted by Crippen LogP contribution is -2.16. The first kappa shape index (κ1) is 30.4. The predicted octanol–water partition coefficient (Wildman–Crippen LogP) is 12.5. The van der Waals surface area contributed by atoms with E-state index in [-0.39, 0.29) is 0 Å². The van der Waals surface area contributed by atoms with Crippen molar-refractivity contribution in [3.05, 3.63) is 181 Å². The van der Waals surface area contributed by atoms with E-state index in [4.69, 9.17) is 15.0 Å². The van der Waals surface area contributed by atoms with Crippen molar-refractivity contribution in [1.82, 2.24) is 15.0 Å². The molecule has 7 aromatic carbocycles. The average Bonchev–Trinajstić information content (AvgIpc) is 3.50. The van der Waals surface area contributed by atoms with Crippen molar-refractivity contribution in [1.29, 1.82) is 0 Å². The number of nitrogens with zero attached hydrogens (tertiary/aromatic N) is 4. The molecule has 0 amide bonds. The monoisotopic (exact) mass is 684 g/mol. The molecule has 2 aromatic heterocycles. The van der Waals surface area contributed by atoms with E-state index < -0.39 is 0 Å². The Morgan fingerprint density at radius 1 is 0.385 bits per heavy atom. The van der Waals surface area contributed by atoms with Gasteiger partial charge in [0.1, 0.15) is 0 Å². The SMILES string of the molecule is c1ccc(-c2nc(-c3ccccc3)nc(N3c4ccccc4CCc4cc(-c5cccc(-c6ccc7sc8ccccc8c7c6)c5)ccc43)n2)cc1. The fourth-order valence-electron chi connectivity index (χ4n) is 7.42. The summed E-state index contributed by atoms with van der Waals surface area (Å²) in [5, 5.41) is 2.64. The van der Waals surface area contributed by atoms with E-state index in [2.05, 4.69) is 138 Å². The van der Waals surface area contributed by atoms with Crippen LogP contribution in [0.1, 0.15) is 11.1 Å². The van der Waals surface area contributed by atoms with Crippen molar-refractivity contribution in [3.63, 3.8) is 0 Å². The summed E-state index contributed by atoms with van der Waals surface area (Å²) >= 11 is 1.86. The zero-order valence-electron chi connectivity index (χ0n) is 28.3. The van der Waals surface area contributed by atoms with E-state index in [0.29, 0.717) is 17.6 Å². The quantitative estimate of drug-likeness (QED) is 0.181. The number of aryl methyl sites for hydroxylation is 2. The van der Waals surface area contributed by atoms with E-state index in [9.17, 15) is 0 Å². The summed E-state index contributed by atoms with van der Waals surface area (Å²) in [6.07, 6.45) is 1.82. The van der Waals surface area contributed by atoms with Crippen molar-refractivity contribution < 1.29 is 0 Å². The van der Waals surface area contributed by atoms with Gasteiger partial charge in [0.25, 0.3) is 0 Å². The third-order valence-corrected chi connectivity index (χ3v) is 11.2. The van der Waals surface area contributed by atoms with Crippen LogP contribution in [0.3, 0.4) is 0 Å². The lowest BCUT2D eigenvalue weighted by molar-refractivity contribution is 0.978. The van der Waals surface area contributed by atoms with Crippen LogP contribution in [0.4, 0.5) is 17.3 Å². The number of para-hydroxylation sites is 1. The molecule has 0 fully saturated rings. The van der Waals surface area contributed by atoms with Crippen LogP contribution < -0.4 is 4.90 Å². The molecule has 10 rings (SSSR count). The molecule has 0 bridgehead atoms. The van der Waals surface area contributed by atoms with E-state index >= 15 is 0 Å². The average molecular weight is 685 g/mol. The summed E-state index contributed by atoms with van der Waals surface area (Å²) in [5.74, 6) is 1.90. The lowest BCUT2D eigenvalue weighted by Gasteiger charge is -2.26. The van der Waals surface area contributed by atoms with Gasteiger partial charge < -0.3 is 0 Å². The number of anilines is 3. The Morgan fingerprint density at radius 3 is 1.71 bits per heavy atom. The lowest BCUT2D eigenvalue weighted by atomic mass is 9.95. The predicted molar refractivity (Wildman–Crippen MR) is 217 cm³/mol. The van der Waals surface area contributed by atoms with Gasteiger partial charge in [-0.25, -0.2) is 4.98 Å². The number of fused-ring (bicyclic) bond motifs is 5. The van der Waals surface area contributed by atoms with Gasteiger partial charge in [-0.1, -0.05) is 127 Å². The van der Waals surface area contributed by atoms with Crippen molar-refractivity contribution in [3.8, 4) is 45.0 Å². The Labute approximate surface area is 306 Å². The minimum absolute atomic E-state index is 0.606. The molecule has 0 aliphatic carbocycles. The highest BCUT2D eigenvalue weighted by Gasteiger charge is 2.26. The summed E-state index contributed by atoms with van der Waals surface area (Å²) in [7, 11) is 0. The van der Waals surface area contributed by atoms with Crippen LogP contribution >= 0.6 is 11.3 Å². The molecule has 5 heteroatoms. The largest absolute Gasteiger partial charge is 0.279 e. The zero-order chi connectivity index (χ0) is 34.4. The van der Waals surface area contributed by atoms with Crippen LogP contribution in [0.15, 0.2) is 170 Å². The summed E-state index contributed by atoms with van der Waals surface area (Å²) < 4.78 is 2.65. The zero-order valence-corrected chi connectivity index (χ0v) is 29.1. The third kappa shape index (κ3) is 5.43. The Bertz CT molecular complexity index is 2700. The van der Waals surface area contributed by atoms with Gasteiger partial charge in [0.05, 0.1) is 11.4 Å². The van der Waals surface area contributed by atoms with Gasteiger partial charge in [0.2, 0.25) is 5.95 Å². The van der Waals surface area contributed by atoms with Crippen LogP contribution in [0, 0.1) is 0 Å². The molecule has 1 aliphatic heterocycles. The van der Waals surface area contributed by atoms with Crippen molar-refractivity contribution in [2.45, 2.75) is 12.8 Å². The second kappa shape index (κ2) is 12.7. The minimum atomic E-state index is 0.606. The second-order valence-corrected chi connectivity index (χ2v) is 14.3. The van der Waals surface area contributed by atoms with E-state index in [1.807, 2.05) is 47.7 Å². The molecule has 52 heavy (non-hydrogen) atoms. The molecule has 0 saturated heterocycles. The first-order valence-corrected chi connectivity index (χ1v) is 18.5. The molecule has 0 radical (unpaired) electrons. The first-order chi connectivity index (χ1) is 25.7. The molecule has 4 nitrogen and oxygen atoms in total. The molecule has 0 atom stereocenters. The maximum Gasteiger partial charge on any atom is 0.238 e. The highest BCUT2D eigenvalue weighted by molar-refractivity contribution is 7.25. The second-order valence-electron chi connectivity index (χ2n) is 13.2. The van der Waals surface area contributed by atoms with E-state index in [0.717, 1.165) is 35.3 Å². The van der Waals surface area contributed by atoms with Gasteiger partial charge in [-0.15, -0.1) is 11.3 Å². The normalized spacial score (nSPS) is 12.4. The minimum Gasteiger partial charge on any atom is -0.279 e. The first-order valence-electron chi connectivity index (χ1n) is 17.7. The van der Waals surface area contributed by atoms with Crippen LogP contribution in [-0.4, -0.2) is 15.0 Å². The molecule has 0 unspecified atom stereocenters. The van der Waals surface area contributed by atoms with Gasteiger partial charge in [-0.2, -0.15) is 9.97 Å².